The van der Waals surface area contributed by atoms with Crippen molar-refractivity contribution in [2.24, 2.45) is 5.73 Å². The van der Waals surface area contributed by atoms with Crippen molar-refractivity contribution in [1.29, 1.82) is 0 Å². The lowest BCUT2D eigenvalue weighted by molar-refractivity contribution is -0.137. The number of aromatic nitrogens is 3. The third kappa shape index (κ3) is 4.99. The SMILES string of the molecule is C=C/C=c1/cc(CC(NC(=O)c2cncn2-c2ccccn2)C(=O)C(N)=O)ccc1=C. The van der Waals surface area contributed by atoms with Crippen molar-refractivity contribution in [2.45, 2.75) is 12.5 Å². The van der Waals surface area contributed by atoms with Gasteiger partial charge in [-0.1, -0.05) is 49.6 Å². The Balaban J connectivity index is 1.90. The number of nitrogens with zero attached hydrogens (tertiary/aromatic N) is 3. The Morgan fingerprint density at radius 2 is 2.03 bits per heavy atom. The summed E-state index contributed by atoms with van der Waals surface area (Å²) in [5.74, 6) is -2.13. The number of ketones is 1. The van der Waals surface area contributed by atoms with Crippen LogP contribution in [0.25, 0.3) is 18.5 Å². The van der Waals surface area contributed by atoms with Crippen LogP contribution in [0.15, 0.2) is 67.8 Å². The van der Waals surface area contributed by atoms with Gasteiger partial charge < -0.3 is 11.1 Å². The van der Waals surface area contributed by atoms with Crippen LogP contribution in [-0.2, 0) is 16.0 Å². The number of allylic oxidation sites excluding steroid dienone is 1. The van der Waals surface area contributed by atoms with E-state index >= 15 is 0 Å². The van der Waals surface area contributed by atoms with Gasteiger partial charge in [-0.25, -0.2) is 9.97 Å². The summed E-state index contributed by atoms with van der Waals surface area (Å²) in [6.07, 6.45) is 7.85. The molecule has 3 rings (SSSR count). The number of rotatable bonds is 8. The van der Waals surface area contributed by atoms with Crippen LogP contribution < -0.4 is 21.5 Å². The fourth-order valence-corrected chi connectivity index (χ4v) is 3.04. The Morgan fingerprint density at radius 1 is 1.23 bits per heavy atom. The van der Waals surface area contributed by atoms with E-state index in [1.807, 2.05) is 6.07 Å². The van der Waals surface area contributed by atoms with E-state index < -0.39 is 23.6 Å². The first kappa shape index (κ1) is 21.4. The summed E-state index contributed by atoms with van der Waals surface area (Å²) in [6, 6.07) is 9.45. The first-order valence-corrected chi connectivity index (χ1v) is 9.39. The Kier molecular flexibility index (Phi) is 6.51. The van der Waals surface area contributed by atoms with Crippen molar-refractivity contribution in [1.82, 2.24) is 19.9 Å². The second-order valence-corrected chi connectivity index (χ2v) is 6.73. The van der Waals surface area contributed by atoms with Gasteiger partial charge >= 0.3 is 0 Å². The fraction of sp³-hybridized carbons (Fsp3) is 0.0870. The molecule has 0 aliphatic heterocycles. The Labute approximate surface area is 178 Å². The number of hydrogen-bond acceptors (Lipinski definition) is 5. The molecule has 31 heavy (non-hydrogen) atoms. The van der Waals surface area contributed by atoms with Crippen LogP contribution >= 0.6 is 0 Å². The zero-order valence-electron chi connectivity index (χ0n) is 16.7. The van der Waals surface area contributed by atoms with Gasteiger partial charge in [0.05, 0.1) is 6.20 Å². The monoisotopic (exact) mass is 415 g/mol. The number of pyridine rings is 1. The molecule has 1 atom stereocenters. The summed E-state index contributed by atoms with van der Waals surface area (Å²) in [6.45, 7) is 7.61. The van der Waals surface area contributed by atoms with E-state index in [1.54, 1.807) is 48.7 Å². The van der Waals surface area contributed by atoms with E-state index in [-0.39, 0.29) is 12.1 Å². The number of nitrogens with one attached hydrogen (secondary N) is 1. The molecule has 0 radical (unpaired) electrons. The summed E-state index contributed by atoms with van der Waals surface area (Å²) >= 11 is 0. The summed E-state index contributed by atoms with van der Waals surface area (Å²) in [5, 5.41) is 4.20. The Morgan fingerprint density at radius 3 is 2.71 bits per heavy atom. The Bertz CT molecular complexity index is 1250. The fourth-order valence-electron chi connectivity index (χ4n) is 3.04. The number of hydrogen-bond donors (Lipinski definition) is 2. The summed E-state index contributed by atoms with van der Waals surface area (Å²) in [7, 11) is 0. The van der Waals surface area contributed by atoms with E-state index in [0.717, 1.165) is 16.0 Å². The van der Waals surface area contributed by atoms with Gasteiger partial charge in [-0.2, -0.15) is 0 Å². The molecular formula is C23H21N5O3. The second kappa shape index (κ2) is 9.45. The minimum absolute atomic E-state index is 0.0729. The van der Waals surface area contributed by atoms with Gasteiger partial charge in [0.25, 0.3) is 11.8 Å². The first-order chi connectivity index (χ1) is 14.9. The third-order valence-electron chi connectivity index (χ3n) is 4.58. The van der Waals surface area contributed by atoms with Crippen molar-refractivity contribution in [3.8, 4) is 5.82 Å². The van der Waals surface area contributed by atoms with Crippen molar-refractivity contribution in [3.05, 3.63) is 89.5 Å². The maximum Gasteiger partial charge on any atom is 0.287 e. The van der Waals surface area contributed by atoms with E-state index in [9.17, 15) is 14.4 Å². The highest BCUT2D eigenvalue weighted by Gasteiger charge is 2.27. The molecule has 2 amide bonds. The minimum atomic E-state index is -1.15. The zero-order chi connectivity index (χ0) is 22.4. The highest BCUT2D eigenvalue weighted by atomic mass is 16.2. The van der Waals surface area contributed by atoms with Gasteiger partial charge in [0.2, 0.25) is 5.78 Å². The maximum atomic E-state index is 12.9. The summed E-state index contributed by atoms with van der Waals surface area (Å²) in [5.41, 5.74) is 6.09. The van der Waals surface area contributed by atoms with Gasteiger partial charge in [0.1, 0.15) is 23.9 Å². The van der Waals surface area contributed by atoms with E-state index in [4.69, 9.17) is 5.73 Å². The van der Waals surface area contributed by atoms with Gasteiger partial charge in [0, 0.05) is 12.6 Å². The van der Waals surface area contributed by atoms with Crippen LogP contribution in [-0.4, -0.2) is 38.2 Å². The Hall–Kier alpha value is -4.33. The largest absolute Gasteiger partial charge is 0.363 e. The molecule has 2 aromatic heterocycles. The number of benzene rings is 1. The van der Waals surface area contributed by atoms with Gasteiger partial charge in [-0.05, 0) is 28.1 Å². The van der Waals surface area contributed by atoms with Crippen LogP contribution in [0.3, 0.4) is 0 Å². The van der Waals surface area contributed by atoms with E-state index in [0.29, 0.717) is 5.82 Å². The average Bonchev–Trinajstić information content (AvgIpc) is 3.26. The lowest BCUT2D eigenvalue weighted by Gasteiger charge is -2.17. The predicted octanol–water partition coefficient (Wildman–Crippen LogP) is 0.0396. The topological polar surface area (TPSA) is 120 Å². The zero-order valence-corrected chi connectivity index (χ0v) is 16.7. The molecule has 0 aliphatic rings. The number of Topliss-reactive ketones (excluding diaryl/α,β-unsaturated/α-hetero) is 1. The van der Waals surface area contributed by atoms with Crippen LogP contribution in [0.1, 0.15) is 16.1 Å². The average molecular weight is 415 g/mol. The van der Waals surface area contributed by atoms with Gasteiger partial charge in [-0.3, -0.25) is 19.0 Å². The molecule has 2 heterocycles. The highest BCUT2D eigenvalue weighted by molar-refractivity contribution is 6.38. The number of amides is 2. The smallest absolute Gasteiger partial charge is 0.287 e. The highest BCUT2D eigenvalue weighted by Crippen LogP contribution is 2.09. The molecule has 0 saturated heterocycles. The van der Waals surface area contributed by atoms with Crippen LogP contribution in [0.2, 0.25) is 0 Å². The van der Waals surface area contributed by atoms with Crippen molar-refractivity contribution >= 4 is 30.3 Å². The van der Waals surface area contributed by atoms with Gasteiger partial charge in [0.15, 0.2) is 0 Å². The van der Waals surface area contributed by atoms with E-state index in [2.05, 4.69) is 28.4 Å². The van der Waals surface area contributed by atoms with Crippen molar-refractivity contribution in [3.63, 3.8) is 0 Å². The summed E-state index contributed by atoms with van der Waals surface area (Å²) < 4.78 is 1.48. The van der Waals surface area contributed by atoms with Crippen molar-refractivity contribution in [2.75, 3.05) is 0 Å². The lowest BCUT2D eigenvalue weighted by Crippen LogP contribution is -2.47. The minimum Gasteiger partial charge on any atom is -0.363 e. The number of carbonyl (C=O) groups is 3. The standard InChI is InChI=1S/C23H21N5O3/c1-3-6-17-11-16(9-8-15(17)2)12-18(21(29)22(24)30)27-23(31)19-13-25-14-28(19)20-7-4-5-10-26-20/h3-11,13-14,18H,1-2,12H2,(H2,24,30)(H,27,31)/b17-6-. The van der Waals surface area contributed by atoms with Crippen LogP contribution in [0, 0.1) is 0 Å². The molecule has 3 N–H and O–H groups in total. The summed E-state index contributed by atoms with van der Waals surface area (Å²) in [4.78, 5) is 45.1. The molecule has 8 nitrogen and oxygen atoms in total. The normalized spacial score (nSPS) is 12.2. The molecule has 0 aliphatic carbocycles. The molecule has 0 bridgehead atoms. The number of carbonyl (C=O) groups excluding carboxylic acids is 3. The van der Waals surface area contributed by atoms with Gasteiger partial charge in [-0.15, -0.1) is 0 Å². The molecule has 3 aromatic rings. The molecule has 1 aromatic carbocycles. The molecule has 0 spiro atoms. The quantitative estimate of drug-likeness (QED) is 0.504. The van der Waals surface area contributed by atoms with Crippen LogP contribution in [0.5, 0.6) is 0 Å². The number of imidazole rings is 1. The number of nitrogens with two attached hydrogens (primary N) is 1. The molecule has 8 heteroatoms. The predicted molar refractivity (Wildman–Crippen MR) is 116 cm³/mol. The molecule has 0 fully saturated rings. The number of primary amides is 1. The molecule has 1 unspecified atom stereocenters. The lowest BCUT2D eigenvalue weighted by atomic mass is 10.0. The molecular weight excluding hydrogens is 394 g/mol. The van der Waals surface area contributed by atoms with Crippen molar-refractivity contribution < 1.29 is 14.4 Å². The second-order valence-electron chi connectivity index (χ2n) is 6.73. The third-order valence-corrected chi connectivity index (χ3v) is 4.58. The maximum absolute atomic E-state index is 12.9. The van der Waals surface area contributed by atoms with Crippen LogP contribution in [0.4, 0.5) is 0 Å². The van der Waals surface area contributed by atoms with E-state index in [1.165, 1.54) is 17.1 Å². The molecule has 0 saturated carbocycles. The first-order valence-electron chi connectivity index (χ1n) is 9.39. The molecule has 156 valence electrons.